The third-order valence-corrected chi connectivity index (χ3v) is 3.84. The van der Waals surface area contributed by atoms with Crippen molar-refractivity contribution in [2.24, 2.45) is 19.1 Å². The van der Waals surface area contributed by atoms with Crippen molar-refractivity contribution < 1.29 is 5.11 Å². The first-order chi connectivity index (χ1) is 10.5. The van der Waals surface area contributed by atoms with Gasteiger partial charge in [-0.2, -0.15) is 0 Å². The van der Waals surface area contributed by atoms with Gasteiger partial charge in [-0.05, 0) is 36.4 Å². The van der Waals surface area contributed by atoms with Crippen LogP contribution in [0.2, 0.25) is 5.02 Å². The van der Waals surface area contributed by atoms with E-state index >= 15 is 0 Å². The van der Waals surface area contributed by atoms with E-state index in [0.29, 0.717) is 16.3 Å². The van der Waals surface area contributed by atoms with Crippen molar-refractivity contribution in [3.8, 4) is 5.75 Å². The first kappa shape index (κ1) is 14.4. The number of benzene rings is 2. The standard InChI is InChI=1S/C16H14ClN3O2/c1-19-13-6-5-12(8-14(13)20(2)16(19)22)18-9-10-3-4-11(17)7-15(10)21/h3-9,21H,1-2H3. The lowest BCUT2D eigenvalue weighted by atomic mass is 10.2. The zero-order chi connectivity index (χ0) is 15.9. The van der Waals surface area contributed by atoms with Crippen LogP contribution in [0.3, 0.4) is 0 Å². The molecule has 0 amide bonds. The maximum absolute atomic E-state index is 11.9. The molecule has 0 aliphatic heterocycles. The molecular formula is C16H14ClN3O2. The van der Waals surface area contributed by atoms with Gasteiger partial charge in [-0.3, -0.25) is 14.1 Å². The molecule has 112 valence electrons. The Kier molecular flexibility index (Phi) is 3.50. The van der Waals surface area contributed by atoms with Crippen molar-refractivity contribution in [1.82, 2.24) is 9.13 Å². The summed E-state index contributed by atoms with van der Waals surface area (Å²) in [5, 5.41) is 10.3. The summed E-state index contributed by atoms with van der Waals surface area (Å²) in [6, 6.07) is 10.4. The van der Waals surface area contributed by atoms with Crippen LogP contribution >= 0.6 is 11.6 Å². The summed E-state index contributed by atoms with van der Waals surface area (Å²) < 4.78 is 3.17. The third kappa shape index (κ3) is 2.40. The van der Waals surface area contributed by atoms with Gasteiger partial charge in [0.05, 0.1) is 16.7 Å². The third-order valence-electron chi connectivity index (χ3n) is 3.60. The Morgan fingerprint density at radius 3 is 2.55 bits per heavy atom. The molecule has 0 aliphatic carbocycles. The highest BCUT2D eigenvalue weighted by atomic mass is 35.5. The second-order valence-electron chi connectivity index (χ2n) is 5.03. The predicted molar refractivity (Wildman–Crippen MR) is 88.5 cm³/mol. The molecule has 0 unspecified atom stereocenters. The predicted octanol–water partition coefficient (Wildman–Crippen LogP) is 2.99. The van der Waals surface area contributed by atoms with E-state index in [9.17, 15) is 9.90 Å². The van der Waals surface area contributed by atoms with E-state index < -0.39 is 0 Å². The lowest BCUT2D eigenvalue weighted by Crippen LogP contribution is -2.19. The van der Waals surface area contributed by atoms with Gasteiger partial charge in [0.1, 0.15) is 5.75 Å². The Hall–Kier alpha value is -2.53. The minimum atomic E-state index is -0.0773. The summed E-state index contributed by atoms with van der Waals surface area (Å²) in [5.41, 5.74) is 2.85. The molecule has 3 aromatic rings. The van der Waals surface area contributed by atoms with Crippen molar-refractivity contribution in [3.05, 3.63) is 57.5 Å². The van der Waals surface area contributed by atoms with Gasteiger partial charge in [-0.15, -0.1) is 0 Å². The van der Waals surface area contributed by atoms with E-state index in [1.54, 1.807) is 41.6 Å². The minimum absolute atomic E-state index is 0.0736. The lowest BCUT2D eigenvalue weighted by Gasteiger charge is -2.00. The highest BCUT2D eigenvalue weighted by Gasteiger charge is 2.07. The van der Waals surface area contributed by atoms with Crippen molar-refractivity contribution in [1.29, 1.82) is 0 Å². The molecule has 0 atom stereocenters. The minimum Gasteiger partial charge on any atom is -0.507 e. The van der Waals surface area contributed by atoms with Gasteiger partial charge in [-0.25, -0.2) is 4.79 Å². The molecule has 2 aromatic carbocycles. The van der Waals surface area contributed by atoms with Crippen molar-refractivity contribution in [2.75, 3.05) is 0 Å². The van der Waals surface area contributed by atoms with E-state index in [1.165, 1.54) is 6.07 Å². The number of nitrogens with zero attached hydrogens (tertiary/aromatic N) is 3. The smallest absolute Gasteiger partial charge is 0.328 e. The van der Waals surface area contributed by atoms with Gasteiger partial charge in [-0.1, -0.05) is 11.6 Å². The normalized spacial score (nSPS) is 11.6. The zero-order valence-corrected chi connectivity index (χ0v) is 12.9. The number of aromatic nitrogens is 2. The number of fused-ring (bicyclic) bond motifs is 1. The van der Waals surface area contributed by atoms with Gasteiger partial charge in [0, 0.05) is 30.9 Å². The van der Waals surface area contributed by atoms with Crippen molar-refractivity contribution >= 4 is 34.5 Å². The van der Waals surface area contributed by atoms with E-state index in [2.05, 4.69) is 4.99 Å². The second kappa shape index (κ2) is 5.35. The Morgan fingerprint density at radius 1 is 1.09 bits per heavy atom. The molecule has 1 aromatic heterocycles. The number of hydrogen-bond acceptors (Lipinski definition) is 3. The van der Waals surface area contributed by atoms with Crippen molar-refractivity contribution in [3.63, 3.8) is 0 Å². The number of aromatic hydroxyl groups is 1. The highest BCUT2D eigenvalue weighted by molar-refractivity contribution is 6.30. The monoisotopic (exact) mass is 315 g/mol. The second-order valence-corrected chi connectivity index (χ2v) is 5.47. The maximum Gasteiger partial charge on any atom is 0.328 e. The molecular weight excluding hydrogens is 302 g/mol. The molecule has 1 N–H and O–H groups in total. The van der Waals surface area contributed by atoms with Crippen LogP contribution in [0.1, 0.15) is 5.56 Å². The quantitative estimate of drug-likeness (QED) is 0.739. The maximum atomic E-state index is 11.9. The van der Waals surface area contributed by atoms with E-state index in [1.807, 2.05) is 18.2 Å². The van der Waals surface area contributed by atoms with Crippen molar-refractivity contribution in [2.45, 2.75) is 0 Å². The Labute approximate surface area is 131 Å². The average Bonchev–Trinajstić information content (AvgIpc) is 2.71. The molecule has 1 heterocycles. The first-order valence-corrected chi connectivity index (χ1v) is 7.03. The fourth-order valence-corrected chi connectivity index (χ4v) is 2.51. The van der Waals surface area contributed by atoms with Gasteiger partial charge >= 0.3 is 5.69 Å². The van der Waals surface area contributed by atoms with E-state index in [4.69, 9.17) is 11.6 Å². The fraction of sp³-hybridized carbons (Fsp3) is 0.125. The summed E-state index contributed by atoms with van der Waals surface area (Å²) in [6.07, 6.45) is 1.56. The number of aryl methyl sites for hydroxylation is 2. The van der Waals surface area contributed by atoms with Crippen LogP contribution in [-0.4, -0.2) is 20.5 Å². The van der Waals surface area contributed by atoms with Gasteiger partial charge in [0.2, 0.25) is 0 Å². The Balaban J connectivity index is 2.02. The van der Waals surface area contributed by atoms with Crippen LogP contribution in [0.15, 0.2) is 46.2 Å². The van der Waals surface area contributed by atoms with Gasteiger partial charge in [0.25, 0.3) is 0 Å². The Bertz CT molecular complexity index is 954. The van der Waals surface area contributed by atoms with Crippen LogP contribution < -0.4 is 5.69 Å². The summed E-state index contributed by atoms with van der Waals surface area (Å²) in [7, 11) is 3.46. The number of phenols is 1. The average molecular weight is 316 g/mol. The van der Waals surface area contributed by atoms with Gasteiger partial charge in [0.15, 0.2) is 0 Å². The van der Waals surface area contributed by atoms with Crippen LogP contribution in [0.25, 0.3) is 11.0 Å². The lowest BCUT2D eigenvalue weighted by molar-refractivity contribution is 0.474. The number of imidazole rings is 1. The fourth-order valence-electron chi connectivity index (χ4n) is 2.35. The van der Waals surface area contributed by atoms with Crippen LogP contribution in [-0.2, 0) is 14.1 Å². The largest absolute Gasteiger partial charge is 0.507 e. The van der Waals surface area contributed by atoms with Crippen LogP contribution in [0.5, 0.6) is 5.75 Å². The molecule has 0 fully saturated rings. The summed E-state index contributed by atoms with van der Waals surface area (Å²) in [6.45, 7) is 0. The SMILES string of the molecule is Cn1c(=O)n(C)c2cc(N=Cc3ccc(Cl)cc3O)ccc21. The summed E-state index contributed by atoms with van der Waals surface area (Å²) in [5.74, 6) is 0.0736. The molecule has 22 heavy (non-hydrogen) atoms. The molecule has 0 radical (unpaired) electrons. The Morgan fingerprint density at radius 2 is 1.82 bits per heavy atom. The summed E-state index contributed by atoms with van der Waals surface area (Å²) >= 11 is 5.79. The molecule has 0 spiro atoms. The molecule has 0 bridgehead atoms. The van der Waals surface area contributed by atoms with Gasteiger partial charge < -0.3 is 5.11 Å². The van der Waals surface area contributed by atoms with E-state index in [-0.39, 0.29) is 11.4 Å². The topological polar surface area (TPSA) is 59.5 Å². The van der Waals surface area contributed by atoms with Crippen LogP contribution in [0.4, 0.5) is 5.69 Å². The highest BCUT2D eigenvalue weighted by Crippen LogP contribution is 2.23. The first-order valence-electron chi connectivity index (χ1n) is 6.65. The molecule has 0 aliphatic rings. The zero-order valence-electron chi connectivity index (χ0n) is 12.1. The van der Waals surface area contributed by atoms with Crippen LogP contribution in [0, 0.1) is 0 Å². The molecule has 0 saturated carbocycles. The molecule has 5 nitrogen and oxygen atoms in total. The number of phenolic OH excluding ortho intramolecular Hbond substituents is 1. The number of halogens is 1. The summed E-state index contributed by atoms with van der Waals surface area (Å²) in [4.78, 5) is 16.2. The molecule has 3 rings (SSSR count). The number of hydrogen-bond donors (Lipinski definition) is 1. The number of aliphatic imine (C=N–C) groups is 1. The van der Waals surface area contributed by atoms with E-state index in [0.717, 1.165) is 11.0 Å². The number of rotatable bonds is 2. The molecule has 0 saturated heterocycles. The molecule has 6 heteroatoms.